The highest BCUT2D eigenvalue weighted by Gasteiger charge is 2.13. The quantitative estimate of drug-likeness (QED) is 0.676. The number of carbonyl (C=O) groups is 1. The van der Waals surface area contributed by atoms with Crippen molar-refractivity contribution < 1.29 is 18.3 Å². The second-order valence-electron chi connectivity index (χ2n) is 2.33. The summed E-state index contributed by atoms with van der Waals surface area (Å²) in [6, 6.07) is 2.07. The Balaban J connectivity index is 3.21. The van der Waals surface area contributed by atoms with Crippen LogP contribution in [0.2, 0.25) is 0 Å². The Morgan fingerprint density at radius 3 is 2.69 bits per heavy atom. The first-order valence-electron chi connectivity index (χ1n) is 3.76. The van der Waals surface area contributed by atoms with E-state index in [2.05, 4.69) is 0 Å². The van der Waals surface area contributed by atoms with Crippen molar-refractivity contribution in [2.75, 3.05) is 6.61 Å². The van der Waals surface area contributed by atoms with Crippen LogP contribution >= 0.6 is 0 Å². The summed E-state index contributed by atoms with van der Waals surface area (Å²) in [5, 5.41) is 0. The Morgan fingerprint density at radius 1 is 1.46 bits per heavy atom. The molecule has 0 spiro atoms. The number of halogens is 2. The van der Waals surface area contributed by atoms with Gasteiger partial charge in [-0.05, 0) is 19.1 Å². The summed E-state index contributed by atoms with van der Waals surface area (Å²) < 4.78 is 30.7. The number of ether oxygens (including phenoxy) is 1. The topological polar surface area (TPSA) is 26.3 Å². The van der Waals surface area contributed by atoms with Gasteiger partial charge in [-0.1, -0.05) is 0 Å². The van der Waals surface area contributed by atoms with Gasteiger partial charge in [0.25, 0.3) is 0 Å². The third kappa shape index (κ3) is 1.83. The summed E-state index contributed by atoms with van der Waals surface area (Å²) in [7, 11) is 0. The largest absolute Gasteiger partial charge is 0.488 e. The molecule has 13 heavy (non-hydrogen) atoms. The normalized spacial score (nSPS) is 9.77. The van der Waals surface area contributed by atoms with Crippen molar-refractivity contribution in [1.82, 2.24) is 0 Å². The molecule has 70 valence electrons. The van der Waals surface area contributed by atoms with Crippen LogP contribution in [-0.2, 0) is 0 Å². The Labute approximate surface area is 74.1 Å². The van der Waals surface area contributed by atoms with Crippen molar-refractivity contribution in [3.63, 3.8) is 0 Å². The van der Waals surface area contributed by atoms with E-state index in [4.69, 9.17) is 4.74 Å². The average molecular weight is 186 g/mol. The Morgan fingerprint density at radius 2 is 2.15 bits per heavy atom. The molecule has 0 atom stereocenters. The molecule has 0 heterocycles. The molecule has 0 amide bonds. The molecular formula is C9H8F2O2. The van der Waals surface area contributed by atoms with Crippen molar-refractivity contribution in [3.05, 3.63) is 29.3 Å². The first-order valence-corrected chi connectivity index (χ1v) is 3.76. The van der Waals surface area contributed by atoms with Crippen LogP contribution in [0.5, 0.6) is 5.75 Å². The lowest BCUT2D eigenvalue weighted by atomic mass is 10.2. The van der Waals surface area contributed by atoms with E-state index in [0.29, 0.717) is 6.29 Å². The van der Waals surface area contributed by atoms with Gasteiger partial charge >= 0.3 is 0 Å². The SMILES string of the molecule is CCOc1c(F)ccc(C=O)c1F. The highest BCUT2D eigenvalue weighted by molar-refractivity contribution is 5.76. The lowest BCUT2D eigenvalue weighted by Crippen LogP contribution is -2.00. The van der Waals surface area contributed by atoms with E-state index in [-0.39, 0.29) is 12.2 Å². The monoisotopic (exact) mass is 186 g/mol. The molecule has 0 aromatic heterocycles. The minimum atomic E-state index is -0.947. The fraction of sp³-hybridized carbons (Fsp3) is 0.222. The number of benzene rings is 1. The molecule has 0 aliphatic rings. The number of rotatable bonds is 3. The van der Waals surface area contributed by atoms with Crippen molar-refractivity contribution in [2.45, 2.75) is 6.92 Å². The molecule has 4 heteroatoms. The molecule has 1 aromatic rings. The number of aldehydes is 1. The summed E-state index contributed by atoms with van der Waals surface area (Å²) in [4.78, 5) is 10.3. The van der Waals surface area contributed by atoms with Crippen LogP contribution in [-0.4, -0.2) is 12.9 Å². The van der Waals surface area contributed by atoms with Crippen LogP contribution in [0.4, 0.5) is 8.78 Å². The van der Waals surface area contributed by atoms with Gasteiger partial charge in [0.2, 0.25) is 0 Å². The van der Waals surface area contributed by atoms with Gasteiger partial charge in [0.15, 0.2) is 23.7 Å². The van der Waals surface area contributed by atoms with Crippen LogP contribution in [0.15, 0.2) is 12.1 Å². The maximum absolute atomic E-state index is 13.1. The predicted octanol–water partition coefficient (Wildman–Crippen LogP) is 2.18. The van der Waals surface area contributed by atoms with Gasteiger partial charge in [0.05, 0.1) is 12.2 Å². The standard InChI is InChI=1S/C9H8F2O2/c1-2-13-9-7(10)4-3-6(5-12)8(9)11/h3-5H,2H2,1H3. The van der Waals surface area contributed by atoms with Gasteiger partial charge in [-0.3, -0.25) is 4.79 Å². The van der Waals surface area contributed by atoms with Gasteiger partial charge in [-0.25, -0.2) is 8.78 Å². The minimum Gasteiger partial charge on any atom is -0.488 e. The van der Waals surface area contributed by atoms with Crippen LogP contribution < -0.4 is 4.74 Å². The molecule has 0 fully saturated rings. The molecule has 0 unspecified atom stereocenters. The Hall–Kier alpha value is -1.45. The van der Waals surface area contributed by atoms with E-state index in [1.807, 2.05) is 0 Å². The van der Waals surface area contributed by atoms with Crippen molar-refractivity contribution in [2.24, 2.45) is 0 Å². The van der Waals surface area contributed by atoms with Crippen LogP contribution in [0.1, 0.15) is 17.3 Å². The second kappa shape index (κ2) is 3.98. The highest BCUT2D eigenvalue weighted by Crippen LogP contribution is 2.23. The lowest BCUT2D eigenvalue weighted by molar-refractivity contribution is 0.111. The summed E-state index contributed by atoms with van der Waals surface area (Å²) in [6.45, 7) is 1.75. The summed E-state index contributed by atoms with van der Waals surface area (Å²) >= 11 is 0. The zero-order valence-electron chi connectivity index (χ0n) is 7.01. The maximum atomic E-state index is 13.1. The molecule has 0 saturated carbocycles. The summed E-state index contributed by atoms with van der Waals surface area (Å²) in [5.74, 6) is -2.24. The molecule has 0 aliphatic carbocycles. The van der Waals surface area contributed by atoms with Gasteiger partial charge in [-0.2, -0.15) is 0 Å². The first kappa shape index (κ1) is 9.64. The second-order valence-corrected chi connectivity index (χ2v) is 2.33. The molecule has 0 saturated heterocycles. The van der Waals surface area contributed by atoms with Crippen LogP contribution in [0.25, 0.3) is 0 Å². The van der Waals surface area contributed by atoms with E-state index in [9.17, 15) is 13.6 Å². The molecule has 1 aromatic carbocycles. The van der Waals surface area contributed by atoms with Gasteiger partial charge in [0, 0.05) is 0 Å². The number of carbonyl (C=O) groups excluding carboxylic acids is 1. The summed E-state index contributed by atoms with van der Waals surface area (Å²) in [5.41, 5.74) is -0.204. The molecule has 0 aliphatic heterocycles. The van der Waals surface area contributed by atoms with Crippen molar-refractivity contribution >= 4 is 6.29 Å². The maximum Gasteiger partial charge on any atom is 0.191 e. The minimum absolute atomic E-state index is 0.149. The smallest absolute Gasteiger partial charge is 0.191 e. The molecular weight excluding hydrogens is 178 g/mol. The van der Waals surface area contributed by atoms with Crippen molar-refractivity contribution in [3.8, 4) is 5.75 Å². The van der Waals surface area contributed by atoms with Crippen LogP contribution in [0.3, 0.4) is 0 Å². The Kier molecular flexibility index (Phi) is 2.95. The van der Waals surface area contributed by atoms with E-state index in [1.54, 1.807) is 6.92 Å². The molecule has 0 N–H and O–H groups in total. The number of hydrogen-bond donors (Lipinski definition) is 0. The average Bonchev–Trinajstić information content (AvgIpc) is 2.12. The summed E-state index contributed by atoms with van der Waals surface area (Å²) in [6.07, 6.45) is 0.317. The van der Waals surface area contributed by atoms with Crippen LogP contribution in [0, 0.1) is 11.6 Å². The highest BCUT2D eigenvalue weighted by atomic mass is 19.1. The van der Waals surface area contributed by atoms with E-state index < -0.39 is 17.4 Å². The zero-order chi connectivity index (χ0) is 9.84. The molecule has 1 rings (SSSR count). The fourth-order valence-corrected chi connectivity index (χ4v) is 0.915. The van der Waals surface area contributed by atoms with E-state index >= 15 is 0 Å². The van der Waals surface area contributed by atoms with Gasteiger partial charge in [-0.15, -0.1) is 0 Å². The van der Waals surface area contributed by atoms with Gasteiger partial charge < -0.3 is 4.74 Å². The molecule has 0 bridgehead atoms. The van der Waals surface area contributed by atoms with Crippen molar-refractivity contribution in [1.29, 1.82) is 0 Å². The lowest BCUT2D eigenvalue weighted by Gasteiger charge is -2.06. The fourth-order valence-electron chi connectivity index (χ4n) is 0.915. The van der Waals surface area contributed by atoms with Gasteiger partial charge in [0.1, 0.15) is 0 Å². The first-order chi connectivity index (χ1) is 6.20. The third-order valence-corrected chi connectivity index (χ3v) is 1.49. The molecule has 2 nitrogen and oxygen atoms in total. The van der Waals surface area contributed by atoms with E-state index in [1.165, 1.54) is 0 Å². The predicted molar refractivity (Wildman–Crippen MR) is 42.9 cm³/mol. The van der Waals surface area contributed by atoms with E-state index in [0.717, 1.165) is 12.1 Å². The third-order valence-electron chi connectivity index (χ3n) is 1.49. The zero-order valence-corrected chi connectivity index (χ0v) is 7.01. The number of hydrogen-bond acceptors (Lipinski definition) is 2. The molecule has 0 radical (unpaired) electrons. The Bertz CT molecular complexity index is 324.